The average Bonchev–Trinajstić information content (AvgIpc) is 2.94. The smallest absolute Gasteiger partial charge is 0.211 e. The molecule has 0 spiro atoms. The summed E-state index contributed by atoms with van der Waals surface area (Å²) >= 11 is 0. The lowest BCUT2D eigenvalue weighted by molar-refractivity contribution is 0.402. The van der Waals surface area contributed by atoms with Crippen molar-refractivity contribution in [3.8, 4) is 0 Å². The summed E-state index contributed by atoms with van der Waals surface area (Å²) in [4.78, 5) is 4.21. The number of rotatable bonds is 5. The van der Waals surface area contributed by atoms with Gasteiger partial charge in [0.1, 0.15) is 5.76 Å². The quantitative estimate of drug-likeness (QED) is 0.863. The third-order valence-electron chi connectivity index (χ3n) is 2.80. The van der Waals surface area contributed by atoms with E-state index < -0.39 is 0 Å². The normalized spacial score (nSPS) is 12.9. The molecule has 0 amide bonds. The van der Waals surface area contributed by atoms with Crippen molar-refractivity contribution in [2.45, 2.75) is 39.9 Å². The Morgan fingerprint density at radius 3 is 2.94 bits per heavy atom. The SMILES string of the molecule is CCn1ccc(CNC(C)c2ncc(C)o2)c1. The van der Waals surface area contributed by atoms with Gasteiger partial charge in [0.25, 0.3) is 0 Å². The van der Waals surface area contributed by atoms with E-state index in [1.54, 1.807) is 6.20 Å². The van der Waals surface area contributed by atoms with E-state index in [4.69, 9.17) is 4.42 Å². The summed E-state index contributed by atoms with van der Waals surface area (Å²) in [5.74, 6) is 1.60. The Labute approximate surface area is 102 Å². The van der Waals surface area contributed by atoms with Crippen molar-refractivity contribution in [3.63, 3.8) is 0 Å². The lowest BCUT2D eigenvalue weighted by Gasteiger charge is -2.08. The molecule has 0 aliphatic rings. The molecule has 1 atom stereocenters. The maximum absolute atomic E-state index is 5.48. The number of hydrogen-bond acceptors (Lipinski definition) is 3. The lowest BCUT2D eigenvalue weighted by atomic mass is 10.3. The van der Waals surface area contributed by atoms with Gasteiger partial charge in [0, 0.05) is 25.5 Å². The molecule has 4 nitrogen and oxygen atoms in total. The van der Waals surface area contributed by atoms with Gasteiger partial charge in [-0.15, -0.1) is 0 Å². The maximum atomic E-state index is 5.48. The van der Waals surface area contributed by atoms with Crippen LogP contribution in [0.1, 0.15) is 37.1 Å². The molecule has 1 N–H and O–H groups in total. The Hall–Kier alpha value is -1.55. The van der Waals surface area contributed by atoms with E-state index in [9.17, 15) is 0 Å². The molecule has 1 unspecified atom stereocenters. The standard InChI is InChI=1S/C13H19N3O/c1-4-16-6-5-12(9-16)8-14-11(3)13-15-7-10(2)17-13/h5-7,9,11,14H,4,8H2,1-3H3. The molecule has 0 radical (unpaired) electrons. The highest BCUT2D eigenvalue weighted by Crippen LogP contribution is 2.12. The fourth-order valence-corrected chi connectivity index (χ4v) is 1.72. The molecule has 2 aromatic heterocycles. The first-order valence-corrected chi connectivity index (χ1v) is 5.99. The Morgan fingerprint density at radius 2 is 2.35 bits per heavy atom. The number of nitrogens with zero attached hydrogens (tertiary/aromatic N) is 2. The minimum absolute atomic E-state index is 0.133. The average molecular weight is 233 g/mol. The topological polar surface area (TPSA) is 43.0 Å². The number of aromatic nitrogens is 2. The minimum Gasteiger partial charge on any atom is -0.444 e. The predicted octanol–water partition coefficient (Wildman–Crippen LogP) is 2.66. The molecule has 2 heterocycles. The molecular weight excluding hydrogens is 214 g/mol. The van der Waals surface area contributed by atoms with E-state index in [0.717, 1.165) is 24.7 Å². The number of hydrogen-bond donors (Lipinski definition) is 1. The molecule has 0 aliphatic heterocycles. The van der Waals surface area contributed by atoms with Crippen molar-refractivity contribution in [2.24, 2.45) is 0 Å². The van der Waals surface area contributed by atoms with Gasteiger partial charge in [-0.1, -0.05) is 0 Å². The van der Waals surface area contributed by atoms with Crippen LogP contribution < -0.4 is 5.32 Å². The molecule has 0 aliphatic carbocycles. The van der Waals surface area contributed by atoms with E-state index >= 15 is 0 Å². The Kier molecular flexibility index (Phi) is 3.64. The second-order valence-electron chi connectivity index (χ2n) is 4.26. The second kappa shape index (κ2) is 5.19. The van der Waals surface area contributed by atoms with Gasteiger partial charge in [0.2, 0.25) is 5.89 Å². The molecule has 0 bridgehead atoms. The lowest BCUT2D eigenvalue weighted by Crippen LogP contribution is -2.18. The Morgan fingerprint density at radius 1 is 1.53 bits per heavy atom. The molecule has 0 saturated heterocycles. The molecule has 0 aromatic carbocycles. The highest BCUT2D eigenvalue weighted by molar-refractivity contribution is 5.10. The Balaban J connectivity index is 1.89. The Bertz CT molecular complexity index is 472. The van der Waals surface area contributed by atoms with E-state index in [2.05, 4.69) is 47.2 Å². The molecule has 2 rings (SSSR count). The highest BCUT2D eigenvalue weighted by atomic mass is 16.4. The summed E-state index contributed by atoms with van der Waals surface area (Å²) in [7, 11) is 0. The van der Waals surface area contributed by atoms with Crippen LogP contribution in [0.5, 0.6) is 0 Å². The second-order valence-corrected chi connectivity index (χ2v) is 4.26. The number of aryl methyl sites for hydroxylation is 2. The van der Waals surface area contributed by atoms with Crippen LogP contribution in [0.4, 0.5) is 0 Å². The minimum atomic E-state index is 0.133. The van der Waals surface area contributed by atoms with Crippen LogP contribution >= 0.6 is 0 Å². The van der Waals surface area contributed by atoms with Crippen LogP contribution in [-0.2, 0) is 13.1 Å². The van der Waals surface area contributed by atoms with Gasteiger partial charge in [-0.2, -0.15) is 0 Å². The van der Waals surface area contributed by atoms with Gasteiger partial charge >= 0.3 is 0 Å². The van der Waals surface area contributed by atoms with E-state index in [-0.39, 0.29) is 6.04 Å². The van der Waals surface area contributed by atoms with E-state index in [1.807, 2.05) is 6.92 Å². The molecule has 0 fully saturated rings. The zero-order valence-electron chi connectivity index (χ0n) is 10.6. The maximum Gasteiger partial charge on any atom is 0.211 e. The summed E-state index contributed by atoms with van der Waals surface area (Å²) in [5, 5.41) is 3.40. The van der Waals surface area contributed by atoms with Crippen LogP contribution in [0.15, 0.2) is 29.1 Å². The monoisotopic (exact) mass is 233 g/mol. The molecule has 4 heteroatoms. The predicted molar refractivity (Wildman–Crippen MR) is 66.6 cm³/mol. The molecule has 92 valence electrons. The van der Waals surface area contributed by atoms with Gasteiger partial charge in [0.15, 0.2) is 0 Å². The highest BCUT2D eigenvalue weighted by Gasteiger charge is 2.10. The van der Waals surface area contributed by atoms with Crippen molar-refractivity contribution in [2.75, 3.05) is 0 Å². The summed E-state index contributed by atoms with van der Waals surface area (Å²) in [6, 6.07) is 2.26. The fourth-order valence-electron chi connectivity index (χ4n) is 1.72. The summed E-state index contributed by atoms with van der Waals surface area (Å²) in [6.07, 6.45) is 6.00. The van der Waals surface area contributed by atoms with Gasteiger partial charge < -0.3 is 14.3 Å². The molecular formula is C13H19N3O. The van der Waals surface area contributed by atoms with Gasteiger partial charge in [0.05, 0.1) is 12.2 Å². The summed E-state index contributed by atoms with van der Waals surface area (Å²) in [5.41, 5.74) is 1.28. The van der Waals surface area contributed by atoms with Crippen molar-refractivity contribution < 1.29 is 4.42 Å². The van der Waals surface area contributed by atoms with Gasteiger partial charge in [-0.3, -0.25) is 0 Å². The largest absolute Gasteiger partial charge is 0.444 e. The molecule has 17 heavy (non-hydrogen) atoms. The van der Waals surface area contributed by atoms with Crippen LogP contribution in [0.25, 0.3) is 0 Å². The molecule has 2 aromatic rings. The number of nitrogens with one attached hydrogen (secondary N) is 1. The van der Waals surface area contributed by atoms with Crippen LogP contribution in [0, 0.1) is 6.92 Å². The summed E-state index contributed by atoms with van der Waals surface area (Å²) in [6.45, 7) is 7.94. The third kappa shape index (κ3) is 2.97. The van der Waals surface area contributed by atoms with Crippen LogP contribution in [0.2, 0.25) is 0 Å². The first-order chi connectivity index (χ1) is 8.19. The summed E-state index contributed by atoms with van der Waals surface area (Å²) < 4.78 is 7.64. The van der Waals surface area contributed by atoms with Crippen LogP contribution in [-0.4, -0.2) is 9.55 Å². The van der Waals surface area contributed by atoms with Crippen molar-refractivity contribution in [1.29, 1.82) is 0 Å². The zero-order valence-corrected chi connectivity index (χ0v) is 10.6. The number of oxazole rings is 1. The third-order valence-corrected chi connectivity index (χ3v) is 2.80. The van der Waals surface area contributed by atoms with E-state index in [0.29, 0.717) is 0 Å². The van der Waals surface area contributed by atoms with Crippen molar-refractivity contribution in [3.05, 3.63) is 41.9 Å². The van der Waals surface area contributed by atoms with Crippen LogP contribution in [0.3, 0.4) is 0 Å². The molecule has 0 saturated carbocycles. The first kappa shape index (κ1) is 11.9. The van der Waals surface area contributed by atoms with E-state index in [1.165, 1.54) is 5.56 Å². The van der Waals surface area contributed by atoms with Gasteiger partial charge in [-0.25, -0.2) is 4.98 Å². The van der Waals surface area contributed by atoms with Gasteiger partial charge in [-0.05, 0) is 32.4 Å². The zero-order chi connectivity index (χ0) is 12.3. The fraction of sp³-hybridized carbons (Fsp3) is 0.462. The van der Waals surface area contributed by atoms with Crippen molar-refractivity contribution in [1.82, 2.24) is 14.9 Å². The first-order valence-electron chi connectivity index (χ1n) is 5.99. The van der Waals surface area contributed by atoms with Crippen molar-refractivity contribution >= 4 is 0 Å².